The average molecular weight is 412 g/mol. The summed E-state index contributed by atoms with van der Waals surface area (Å²) >= 11 is 0. The number of phenolic OH excluding ortho intramolecular Hbond substituents is 1. The lowest BCUT2D eigenvalue weighted by Gasteiger charge is -2.21. The van der Waals surface area contributed by atoms with Crippen molar-refractivity contribution in [2.24, 2.45) is 10.2 Å². The number of phenols is 1. The molecule has 4 aromatic carbocycles. The third-order valence-electron chi connectivity index (χ3n) is 4.85. The third kappa shape index (κ3) is 3.96. The van der Waals surface area contributed by atoms with Crippen LogP contribution in [0, 0.1) is 6.92 Å². The monoisotopic (exact) mass is 412 g/mol. The number of azo groups is 1. The summed E-state index contributed by atoms with van der Waals surface area (Å²) in [7, 11) is -3.29. The Morgan fingerprint density at radius 2 is 1.17 bits per heavy atom. The number of aromatic hydroxyl groups is 1. The van der Waals surface area contributed by atoms with Gasteiger partial charge in [0.2, 0.25) is 0 Å². The smallest absolute Gasteiger partial charge is 0.174 e. The average Bonchev–Trinajstić information content (AvgIpc) is 2.80. The molecule has 5 heteroatoms. The lowest BCUT2D eigenvalue weighted by atomic mass is 10.2. The van der Waals surface area contributed by atoms with Crippen molar-refractivity contribution in [3.8, 4) is 5.75 Å². The lowest BCUT2D eigenvalue weighted by molar-refractivity contribution is 0.479. The molecule has 4 rings (SSSR count). The Balaban J connectivity index is 1.83. The molecule has 0 bridgehead atoms. The van der Waals surface area contributed by atoms with Gasteiger partial charge in [-0.3, -0.25) is 0 Å². The lowest BCUT2D eigenvalue weighted by Crippen LogP contribution is -2.25. The molecule has 0 fully saturated rings. The van der Waals surface area contributed by atoms with Crippen LogP contribution in [0.5, 0.6) is 5.75 Å². The van der Waals surface area contributed by atoms with Gasteiger partial charge in [0, 0.05) is 10.6 Å². The van der Waals surface area contributed by atoms with E-state index in [4.69, 9.17) is 0 Å². The Bertz CT molecular complexity index is 1180. The fourth-order valence-electron chi connectivity index (χ4n) is 3.26. The minimum Gasteiger partial charge on any atom is -0.507 e. The maximum absolute atomic E-state index is 14.5. The molecule has 0 radical (unpaired) electrons. The van der Waals surface area contributed by atoms with E-state index in [0.29, 0.717) is 21.6 Å². The molecule has 0 atom stereocenters. The summed E-state index contributed by atoms with van der Waals surface area (Å²) in [5.74, 6) is -0.0275. The van der Waals surface area contributed by atoms with Crippen molar-refractivity contribution in [3.05, 3.63) is 109 Å². The minimum absolute atomic E-state index is 0.0275. The summed E-state index contributed by atoms with van der Waals surface area (Å²) in [6.45, 7) is 2.01. The van der Waals surface area contributed by atoms with Crippen molar-refractivity contribution in [2.75, 3.05) is 0 Å². The van der Waals surface area contributed by atoms with Crippen LogP contribution >= 0.6 is 7.14 Å². The highest BCUT2D eigenvalue weighted by atomic mass is 31.2. The van der Waals surface area contributed by atoms with E-state index in [9.17, 15) is 9.67 Å². The van der Waals surface area contributed by atoms with Gasteiger partial charge in [-0.1, -0.05) is 78.4 Å². The van der Waals surface area contributed by atoms with Crippen LogP contribution in [-0.2, 0) is 4.57 Å². The predicted octanol–water partition coefficient (Wildman–Crippen LogP) is 5.76. The van der Waals surface area contributed by atoms with E-state index in [1.807, 2.05) is 91.9 Å². The number of nitrogens with zero attached hydrogens (tertiary/aromatic N) is 2. The first kappa shape index (κ1) is 19.8. The molecule has 148 valence electrons. The maximum Gasteiger partial charge on any atom is 0.174 e. The number of hydrogen-bond donors (Lipinski definition) is 1. The van der Waals surface area contributed by atoms with Gasteiger partial charge in [0.25, 0.3) is 0 Å². The standard InChI is InChI=1S/C25H21N2O2P/c1-19-12-14-20(15-13-19)26-27-21-16-17-24(28)25(18-21)30(29,22-8-4-2-5-9-22)23-10-6-3-7-11-23/h2-18,28H,1H3. The van der Waals surface area contributed by atoms with Crippen LogP contribution in [0.25, 0.3) is 0 Å². The largest absolute Gasteiger partial charge is 0.507 e. The quantitative estimate of drug-likeness (QED) is 0.335. The molecule has 0 aromatic heterocycles. The summed E-state index contributed by atoms with van der Waals surface area (Å²) in [4.78, 5) is 0. The predicted molar refractivity (Wildman–Crippen MR) is 123 cm³/mol. The molecule has 0 heterocycles. The molecule has 0 aliphatic rings. The zero-order valence-electron chi connectivity index (χ0n) is 16.5. The number of aryl methyl sites for hydroxylation is 1. The van der Waals surface area contributed by atoms with Gasteiger partial charge in [-0.25, -0.2) is 0 Å². The zero-order chi connectivity index (χ0) is 21.0. The molecular weight excluding hydrogens is 391 g/mol. The first-order valence-electron chi connectivity index (χ1n) is 9.60. The molecule has 0 saturated heterocycles. The first-order valence-corrected chi connectivity index (χ1v) is 11.3. The van der Waals surface area contributed by atoms with Gasteiger partial charge in [0.15, 0.2) is 7.14 Å². The second-order valence-corrected chi connectivity index (χ2v) is 9.72. The summed E-state index contributed by atoms with van der Waals surface area (Å²) in [5, 5.41) is 20.9. The zero-order valence-corrected chi connectivity index (χ0v) is 17.4. The SMILES string of the molecule is Cc1ccc(N=Nc2ccc(O)c(P(=O)(c3ccccc3)c3ccccc3)c2)cc1. The molecule has 30 heavy (non-hydrogen) atoms. The van der Waals surface area contributed by atoms with Crippen molar-refractivity contribution in [1.82, 2.24) is 0 Å². The Labute approximate surface area is 175 Å². The Morgan fingerprint density at radius 3 is 1.73 bits per heavy atom. The highest BCUT2D eigenvalue weighted by Crippen LogP contribution is 2.45. The summed E-state index contributed by atoms with van der Waals surface area (Å²) in [6.07, 6.45) is 0. The van der Waals surface area contributed by atoms with Crippen LogP contribution in [0.15, 0.2) is 113 Å². The van der Waals surface area contributed by atoms with E-state index in [2.05, 4.69) is 10.2 Å². The molecule has 1 N–H and O–H groups in total. The van der Waals surface area contributed by atoms with Crippen LogP contribution < -0.4 is 15.9 Å². The second kappa shape index (κ2) is 8.48. The van der Waals surface area contributed by atoms with Crippen molar-refractivity contribution in [3.63, 3.8) is 0 Å². The summed E-state index contributed by atoms with van der Waals surface area (Å²) < 4.78 is 14.5. The third-order valence-corrected chi connectivity index (χ3v) is 7.94. The number of benzene rings is 4. The van der Waals surface area contributed by atoms with E-state index in [1.165, 1.54) is 6.07 Å². The van der Waals surface area contributed by atoms with Gasteiger partial charge >= 0.3 is 0 Å². The van der Waals surface area contributed by atoms with E-state index >= 15 is 0 Å². The van der Waals surface area contributed by atoms with Crippen molar-refractivity contribution < 1.29 is 9.67 Å². The van der Waals surface area contributed by atoms with Crippen molar-refractivity contribution in [2.45, 2.75) is 6.92 Å². The fraction of sp³-hybridized carbons (Fsp3) is 0.0400. The highest BCUT2D eigenvalue weighted by molar-refractivity contribution is 7.85. The molecule has 0 saturated carbocycles. The first-order chi connectivity index (χ1) is 14.6. The van der Waals surface area contributed by atoms with E-state index in [-0.39, 0.29) is 5.75 Å². The van der Waals surface area contributed by atoms with E-state index in [1.54, 1.807) is 12.1 Å². The summed E-state index contributed by atoms with van der Waals surface area (Å²) in [5.41, 5.74) is 2.40. The molecule has 4 nitrogen and oxygen atoms in total. The normalized spacial score (nSPS) is 11.6. The van der Waals surface area contributed by atoms with Crippen LogP contribution in [0.4, 0.5) is 11.4 Å². The van der Waals surface area contributed by atoms with Gasteiger partial charge in [0.05, 0.1) is 16.7 Å². The van der Waals surface area contributed by atoms with Gasteiger partial charge < -0.3 is 9.67 Å². The Kier molecular flexibility index (Phi) is 5.60. The van der Waals surface area contributed by atoms with E-state index < -0.39 is 7.14 Å². The molecule has 4 aromatic rings. The van der Waals surface area contributed by atoms with Gasteiger partial charge in [-0.15, -0.1) is 0 Å². The molecule has 0 spiro atoms. The topological polar surface area (TPSA) is 62.0 Å². The van der Waals surface area contributed by atoms with Gasteiger partial charge in [-0.2, -0.15) is 10.2 Å². The molecule has 0 aliphatic carbocycles. The van der Waals surface area contributed by atoms with Crippen LogP contribution in [0.1, 0.15) is 5.56 Å². The van der Waals surface area contributed by atoms with Gasteiger partial charge in [0.1, 0.15) is 5.75 Å². The summed E-state index contributed by atoms with van der Waals surface area (Å²) in [6, 6.07) is 31.0. The van der Waals surface area contributed by atoms with Gasteiger partial charge in [-0.05, 0) is 37.3 Å². The number of hydrogen-bond acceptors (Lipinski definition) is 4. The highest BCUT2D eigenvalue weighted by Gasteiger charge is 2.32. The molecule has 0 aliphatic heterocycles. The maximum atomic E-state index is 14.5. The van der Waals surface area contributed by atoms with E-state index in [0.717, 1.165) is 11.3 Å². The number of rotatable bonds is 5. The van der Waals surface area contributed by atoms with Crippen molar-refractivity contribution in [1.29, 1.82) is 0 Å². The van der Waals surface area contributed by atoms with Crippen molar-refractivity contribution >= 4 is 34.4 Å². The van der Waals surface area contributed by atoms with Crippen LogP contribution in [-0.4, -0.2) is 5.11 Å². The molecule has 0 unspecified atom stereocenters. The molecule has 0 amide bonds. The Morgan fingerprint density at radius 1 is 0.667 bits per heavy atom. The van der Waals surface area contributed by atoms with Crippen LogP contribution in [0.2, 0.25) is 0 Å². The Hall–Kier alpha value is -3.49. The molecular formula is C25H21N2O2P. The minimum atomic E-state index is -3.29. The van der Waals surface area contributed by atoms with Crippen LogP contribution in [0.3, 0.4) is 0 Å². The second-order valence-electron chi connectivity index (χ2n) is 6.99. The fourth-order valence-corrected chi connectivity index (χ4v) is 6.01.